The van der Waals surface area contributed by atoms with Crippen molar-refractivity contribution in [3.63, 3.8) is 0 Å². The summed E-state index contributed by atoms with van der Waals surface area (Å²) in [6, 6.07) is 0.448. The molecule has 4 nitrogen and oxygen atoms in total. The summed E-state index contributed by atoms with van der Waals surface area (Å²) < 4.78 is 22.6. The molecule has 0 aromatic heterocycles. The van der Waals surface area contributed by atoms with Gasteiger partial charge in [0.1, 0.15) is 9.84 Å². The summed E-state index contributed by atoms with van der Waals surface area (Å²) in [6.45, 7) is 3.21. The van der Waals surface area contributed by atoms with Gasteiger partial charge in [-0.15, -0.1) is 0 Å². The first kappa shape index (κ1) is 13.9. The van der Waals surface area contributed by atoms with Crippen LogP contribution in [0, 0.1) is 5.92 Å². The lowest BCUT2D eigenvalue weighted by atomic mass is 10.1. The smallest absolute Gasteiger partial charge is 0.150 e. The van der Waals surface area contributed by atoms with E-state index in [1.807, 2.05) is 0 Å². The number of nitrogens with two attached hydrogens (primary N) is 1. The Hall–Kier alpha value is -0.130. The predicted octanol–water partition coefficient (Wildman–Crippen LogP) is 0.480. The van der Waals surface area contributed by atoms with Gasteiger partial charge in [-0.3, -0.25) is 0 Å². The van der Waals surface area contributed by atoms with Crippen LogP contribution >= 0.6 is 0 Å². The lowest BCUT2D eigenvalue weighted by molar-refractivity contribution is 0.224. The number of likely N-dealkylation sites (N-methyl/N-ethyl adjacent to an activating group) is 1. The molecule has 0 heterocycles. The van der Waals surface area contributed by atoms with E-state index in [4.69, 9.17) is 5.73 Å². The number of hydrogen-bond donors (Lipinski definition) is 1. The van der Waals surface area contributed by atoms with Crippen molar-refractivity contribution in [2.75, 3.05) is 31.6 Å². The van der Waals surface area contributed by atoms with Gasteiger partial charge in [-0.2, -0.15) is 0 Å². The summed E-state index contributed by atoms with van der Waals surface area (Å²) in [6.07, 6.45) is 3.27. The molecule has 0 amide bonds. The zero-order valence-electron chi connectivity index (χ0n) is 10.4. The van der Waals surface area contributed by atoms with Gasteiger partial charge in [-0.05, 0) is 38.8 Å². The van der Waals surface area contributed by atoms with E-state index in [1.54, 1.807) is 6.92 Å². The normalized spacial score (nSPS) is 19.0. The van der Waals surface area contributed by atoms with Crippen molar-refractivity contribution in [3.05, 3.63) is 0 Å². The molecule has 1 aliphatic carbocycles. The van der Waals surface area contributed by atoms with Gasteiger partial charge < -0.3 is 10.6 Å². The van der Waals surface area contributed by atoms with Crippen molar-refractivity contribution in [2.24, 2.45) is 11.7 Å². The number of nitrogens with zero attached hydrogens (tertiary/aromatic N) is 1. The Labute approximate surface area is 99.1 Å². The summed E-state index contributed by atoms with van der Waals surface area (Å²) in [5.74, 6) is 1.30. The molecule has 0 aliphatic heterocycles. The van der Waals surface area contributed by atoms with Gasteiger partial charge in [0.05, 0.1) is 5.75 Å². The molecule has 96 valence electrons. The standard InChI is InChI=1S/C11H24N2O2S/c1-3-16(14,15)8-4-7-13(2)11(9-12)10-5-6-10/h10-11H,3-9,12H2,1-2H3. The predicted molar refractivity (Wildman–Crippen MR) is 67.1 cm³/mol. The minimum absolute atomic E-state index is 0.250. The molecule has 0 aromatic rings. The molecule has 1 fully saturated rings. The van der Waals surface area contributed by atoms with E-state index in [2.05, 4.69) is 11.9 Å². The Kier molecular flexibility index (Phi) is 5.21. The van der Waals surface area contributed by atoms with Gasteiger partial charge in [0.25, 0.3) is 0 Å². The van der Waals surface area contributed by atoms with E-state index in [-0.39, 0.29) is 5.75 Å². The second-order valence-corrected chi connectivity index (χ2v) is 7.18. The molecule has 1 unspecified atom stereocenters. The first-order chi connectivity index (χ1) is 7.50. The summed E-state index contributed by atoms with van der Waals surface area (Å²) >= 11 is 0. The van der Waals surface area contributed by atoms with Gasteiger partial charge in [0.15, 0.2) is 0 Å². The highest BCUT2D eigenvalue weighted by Crippen LogP contribution is 2.34. The summed E-state index contributed by atoms with van der Waals surface area (Å²) in [4.78, 5) is 2.23. The minimum Gasteiger partial charge on any atom is -0.329 e. The topological polar surface area (TPSA) is 63.4 Å². The molecule has 1 atom stereocenters. The maximum atomic E-state index is 11.3. The highest BCUT2D eigenvalue weighted by molar-refractivity contribution is 7.91. The van der Waals surface area contributed by atoms with Crippen LogP contribution in [0.15, 0.2) is 0 Å². The van der Waals surface area contributed by atoms with Crippen LogP contribution in [0.1, 0.15) is 26.2 Å². The lowest BCUT2D eigenvalue weighted by Gasteiger charge is -2.26. The number of hydrogen-bond acceptors (Lipinski definition) is 4. The molecule has 1 rings (SSSR count). The van der Waals surface area contributed by atoms with Crippen molar-refractivity contribution in [1.82, 2.24) is 4.90 Å². The van der Waals surface area contributed by atoms with Crippen molar-refractivity contribution < 1.29 is 8.42 Å². The zero-order valence-corrected chi connectivity index (χ0v) is 11.2. The highest BCUT2D eigenvalue weighted by atomic mass is 32.2. The molecule has 1 aliphatic rings. The quantitative estimate of drug-likeness (QED) is 0.678. The zero-order chi connectivity index (χ0) is 12.2. The third kappa shape index (κ3) is 4.39. The van der Waals surface area contributed by atoms with Crippen LogP contribution in [0.2, 0.25) is 0 Å². The maximum absolute atomic E-state index is 11.3. The van der Waals surface area contributed by atoms with Crippen molar-refractivity contribution >= 4 is 9.84 Å². The molecule has 16 heavy (non-hydrogen) atoms. The molecule has 5 heteroatoms. The van der Waals surface area contributed by atoms with Crippen LogP contribution in [0.4, 0.5) is 0 Å². The Morgan fingerprint density at radius 1 is 1.44 bits per heavy atom. The molecule has 1 saturated carbocycles. The molecule has 2 N–H and O–H groups in total. The number of sulfone groups is 1. The fraction of sp³-hybridized carbons (Fsp3) is 1.00. The van der Waals surface area contributed by atoms with Gasteiger partial charge in [-0.1, -0.05) is 6.92 Å². The van der Waals surface area contributed by atoms with Crippen molar-refractivity contribution in [1.29, 1.82) is 0 Å². The lowest BCUT2D eigenvalue weighted by Crippen LogP contribution is -2.40. The van der Waals surface area contributed by atoms with Crippen LogP contribution in [-0.2, 0) is 9.84 Å². The first-order valence-corrected chi connectivity index (χ1v) is 7.93. The monoisotopic (exact) mass is 248 g/mol. The molecule has 0 spiro atoms. The van der Waals surface area contributed by atoms with Crippen LogP contribution < -0.4 is 5.73 Å². The fourth-order valence-electron chi connectivity index (χ4n) is 2.06. The molecular weight excluding hydrogens is 224 g/mol. The average Bonchev–Trinajstić information content (AvgIpc) is 3.03. The first-order valence-electron chi connectivity index (χ1n) is 6.11. The van der Waals surface area contributed by atoms with E-state index < -0.39 is 9.84 Å². The van der Waals surface area contributed by atoms with E-state index in [0.717, 1.165) is 18.9 Å². The average molecular weight is 248 g/mol. The maximum Gasteiger partial charge on any atom is 0.150 e. The highest BCUT2D eigenvalue weighted by Gasteiger charge is 2.32. The molecule has 0 radical (unpaired) electrons. The van der Waals surface area contributed by atoms with Crippen molar-refractivity contribution in [2.45, 2.75) is 32.2 Å². The van der Waals surface area contributed by atoms with Crippen molar-refractivity contribution in [3.8, 4) is 0 Å². The van der Waals surface area contributed by atoms with E-state index in [0.29, 0.717) is 18.3 Å². The largest absolute Gasteiger partial charge is 0.329 e. The van der Waals surface area contributed by atoms with Crippen LogP contribution in [0.3, 0.4) is 0 Å². The van der Waals surface area contributed by atoms with E-state index in [9.17, 15) is 8.42 Å². The Bertz CT molecular complexity index is 299. The Morgan fingerprint density at radius 3 is 2.50 bits per heavy atom. The summed E-state index contributed by atoms with van der Waals surface area (Å²) in [7, 11) is -0.760. The summed E-state index contributed by atoms with van der Waals surface area (Å²) in [5.41, 5.74) is 5.74. The van der Waals surface area contributed by atoms with Crippen LogP contribution in [0.25, 0.3) is 0 Å². The number of rotatable bonds is 8. The second kappa shape index (κ2) is 5.98. The third-order valence-electron chi connectivity index (χ3n) is 3.38. The molecular formula is C11H24N2O2S. The van der Waals surface area contributed by atoms with Crippen LogP contribution in [-0.4, -0.2) is 51.0 Å². The molecule has 0 aromatic carbocycles. The molecule has 0 saturated heterocycles. The van der Waals surface area contributed by atoms with E-state index >= 15 is 0 Å². The minimum atomic E-state index is -2.81. The Balaban J connectivity index is 2.26. The van der Waals surface area contributed by atoms with Gasteiger partial charge in [-0.25, -0.2) is 8.42 Å². The fourth-order valence-corrected chi connectivity index (χ4v) is 2.91. The van der Waals surface area contributed by atoms with Crippen LogP contribution in [0.5, 0.6) is 0 Å². The van der Waals surface area contributed by atoms with Gasteiger partial charge >= 0.3 is 0 Å². The second-order valence-electron chi connectivity index (χ2n) is 4.71. The van der Waals surface area contributed by atoms with Gasteiger partial charge in [0.2, 0.25) is 0 Å². The third-order valence-corrected chi connectivity index (χ3v) is 5.17. The van der Waals surface area contributed by atoms with E-state index in [1.165, 1.54) is 12.8 Å². The SMILES string of the molecule is CCS(=O)(=O)CCCN(C)C(CN)C1CC1. The Morgan fingerprint density at radius 2 is 2.06 bits per heavy atom. The summed E-state index contributed by atoms with van der Waals surface area (Å²) in [5, 5.41) is 0. The molecule has 0 bridgehead atoms. The van der Waals surface area contributed by atoms with Gasteiger partial charge in [0, 0.05) is 18.3 Å².